The first kappa shape index (κ1) is 33.7. The highest BCUT2D eigenvalue weighted by Gasteiger charge is 2.44. The van der Waals surface area contributed by atoms with Gasteiger partial charge in [-0.2, -0.15) is 4.36 Å². The fraction of sp³-hybridized carbons (Fsp3) is 0.579. The smallest absolute Gasteiger partial charge is 0.285 e. The molecule has 0 saturated heterocycles. The summed E-state index contributed by atoms with van der Waals surface area (Å²) in [5, 5.41) is 0.739. The van der Waals surface area contributed by atoms with Gasteiger partial charge in [0.1, 0.15) is 17.7 Å². The summed E-state index contributed by atoms with van der Waals surface area (Å²) < 4.78 is 44.9. The van der Waals surface area contributed by atoms with Crippen LogP contribution in [0.2, 0.25) is 5.02 Å². The number of nitrogens with zero attached hydrogens (tertiary/aromatic N) is 2. The number of methoxy groups -OCH3 is 1. The van der Waals surface area contributed by atoms with Gasteiger partial charge in [-0.25, -0.2) is 8.60 Å². The summed E-state index contributed by atoms with van der Waals surface area (Å²) >= 11 is 6.44. The molecule has 2 aromatic rings. The van der Waals surface area contributed by atoms with Crippen molar-refractivity contribution in [3.63, 3.8) is 0 Å². The third kappa shape index (κ3) is 6.97. The molecule has 2 fully saturated rings. The van der Waals surface area contributed by atoms with Gasteiger partial charge in [-0.3, -0.25) is 9.59 Å². The minimum absolute atomic E-state index is 0.0381. The molecule has 8 atom stereocenters. The number of allylic oxidation sites excluding steroid dienone is 1. The fourth-order valence-corrected chi connectivity index (χ4v) is 11.0. The minimum Gasteiger partial charge on any atom is -0.490 e. The van der Waals surface area contributed by atoms with Crippen molar-refractivity contribution in [3.8, 4) is 5.75 Å². The van der Waals surface area contributed by atoms with Crippen LogP contribution in [0.15, 0.2) is 52.9 Å². The van der Waals surface area contributed by atoms with Gasteiger partial charge < -0.3 is 14.4 Å². The lowest BCUT2D eigenvalue weighted by Crippen LogP contribution is -2.49. The zero-order valence-electron chi connectivity index (χ0n) is 27.9. The molecule has 1 spiro atoms. The van der Waals surface area contributed by atoms with Crippen molar-refractivity contribution in [2.24, 2.45) is 28.0 Å². The highest BCUT2D eigenvalue weighted by atomic mass is 35.5. The molecule has 10 heteroatoms. The number of hydrogen-bond donors (Lipinski definition) is 0. The van der Waals surface area contributed by atoms with Crippen LogP contribution in [0.5, 0.6) is 5.75 Å². The maximum atomic E-state index is 14.4. The highest BCUT2D eigenvalue weighted by molar-refractivity contribution is 7.94. The minimum atomic E-state index is -3.24. The van der Waals surface area contributed by atoms with Gasteiger partial charge in [-0.15, -0.1) is 0 Å². The first-order chi connectivity index (χ1) is 23.0. The van der Waals surface area contributed by atoms with Crippen LogP contribution in [0.1, 0.15) is 73.4 Å². The van der Waals surface area contributed by atoms with Crippen LogP contribution < -0.4 is 9.64 Å². The van der Waals surface area contributed by atoms with Crippen LogP contribution in [0.25, 0.3) is 0 Å². The van der Waals surface area contributed by atoms with Gasteiger partial charge in [-0.1, -0.05) is 36.7 Å². The number of fused-ring (bicyclic) bond motifs is 4. The average Bonchev–Trinajstić information content (AvgIpc) is 3.75. The monoisotopic (exact) mass is 696 g/mol. The predicted molar refractivity (Wildman–Crippen MR) is 187 cm³/mol. The fourth-order valence-electron chi connectivity index (χ4n) is 8.49. The number of rotatable bonds is 5. The number of Topliss-reactive ketones (excluding diaryl/α,β-unsaturated/α-hetero) is 1. The number of carbonyl (C=O) groups excluding carboxylic acids is 2. The Balaban J connectivity index is 1.28. The van der Waals surface area contributed by atoms with E-state index in [-0.39, 0.29) is 47.1 Å². The van der Waals surface area contributed by atoms with E-state index in [0.717, 1.165) is 55.9 Å². The molecule has 3 aliphatic carbocycles. The summed E-state index contributed by atoms with van der Waals surface area (Å²) in [6.45, 7) is 3.98. The second kappa shape index (κ2) is 13.5. The first-order valence-corrected chi connectivity index (χ1v) is 19.7. The number of ketones is 1. The average molecular weight is 697 g/mol. The zero-order chi connectivity index (χ0) is 33.6. The van der Waals surface area contributed by atoms with E-state index in [4.69, 9.17) is 21.1 Å². The second-order valence-corrected chi connectivity index (χ2v) is 17.8. The summed E-state index contributed by atoms with van der Waals surface area (Å²) in [4.78, 5) is 29.2. The number of carbonyl (C=O) groups is 2. The Hall–Kier alpha value is -2.75. The molecular formula is C38H46ClFN2O5S. The number of halogens is 2. The van der Waals surface area contributed by atoms with E-state index in [2.05, 4.69) is 33.5 Å². The van der Waals surface area contributed by atoms with Gasteiger partial charge in [0.15, 0.2) is 0 Å². The molecule has 7 nitrogen and oxygen atoms in total. The Labute approximate surface area is 288 Å². The number of benzene rings is 2. The van der Waals surface area contributed by atoms with Crippen LogP contribution in [0.3, 0.4) is 0 Å². The quantitative estimate of drug-likeness (QED) is 0.304. The molecule has 2 aromatic carbocycles. The molecule has 2 saturated carbocycles. The molecule has 2 heterocycles. The van der Waals surface area contributed by atoms with Crippen LogP contribution in [-0.2, 0) is 31.1 Å². The van der Waals surface area contributed by atoms with Crippen molar-refractivity contribution in [2.45, 2.75) is 76.0 Å². The van der Waals surface area contributed by atoms with E-state index >= 15 is 0 Å². The Bertz CT molecular complexity index is 1740. The molecular weight excluding hydrogens is 651 g/mol. The van der Waals surface area contributed by atoms with E-state index < -0.39 is 21.8 Å². The van der Waals surface area contributed by atoms with Crippen molar-refractivity contribution in [1.82, 2.24) is 0 Å². The lowest BCUT2D eigenvalue weighted by molar-refractivity contribution is -0.117. The van der Waals surface area contributed by atoms with Crippen LogP contribution in [0, 0.1) is 23.7 Å². The van der Waals surface area contributed by atoms with E-state index in [1.165, 1.54) is 11.1 Å². The molecule has 258 valence electrons. The van der Waals surface area contributed by atoms with Crippen molar-refractivity contribution < 1.29 is 27.7 Å². The van der Waals surface area contributed by atoms with E-state index in [1.54, 1.807) is 13.2 Å². The number of alkyl halides is 1. The van der Waals surface area contributed by atoms with Crippen LogP contribution >= 0.6 is 11.6 Å². The molecule has 0 aromatic heterocycles. The molecule has 0 N–H and O–H groups in total. The maximum absolute atomic E-state index is 14.4. The number of aryl methyl sites for hydroxylation is 1. The first-order valence-electron chi connectivity index (χ1n) is 17.5. The molecule has 0 radical (unpaired) electrons. The second-order valence-electron chi connectivity index (χ2n) is 15.0. The molecule has 2 bridgehead atoms. The van der Waals surface area contributed by atoms with Gasteiger partial charge in [0.2, 0.25) is 0 Å². The van der Waals surface area contributed by atoms with Crippen molar-refractivity contribution in [1.29, 1.82) is 0 Å². The van der Waals surface area contributed by atoms with Crippen LogP contribution in [-0.4, -0.2) is 66.5 Å². The van der Waals surface area contributed by atoms with Gasteiger partial charge in [0.05, 0.1) is 33.9 Å². The molecule has 0 unspecified atom stereocenters. The predicted octanol–water partition coefficient (Wildman–Crippen LogP) is 7.38. The highest BCUT2D eigenvalue weighted by Crippen LogP contribution is 2.47. The maximum Gasteiger partial charge on any atom is 0.285 e. The van der Waals surface area contributed by atoms with E-state index in [9.17, 15) is 18.2 Å². The number of hydrogen-bond acceptors (Lipinski definition) is 6. The standard InChI is InChI=1S/C38H46ClFN2O5S/c1-24-5-3-7-35(46-2)31-11-8-27(31)19-42-22-38(14-4-6-25-15-29(39)10-12-32(25)38)23-47-36-13-9-26(18-34(36)42)37(44)41-48(45,20-24)21-30(43)16-28-17-33(28)40/h3,7,9-10,12-13,15,18,24,27-28,31,33,35H,4-6,8,11,14,16-17,19-23H2,1-2H3/b7-3+/t24-,27-,28+,31+,33+,35-,38-,48+/m0/s1. The van der Waals surface area contributed by atoms with Gasteiger partial charge >= 0.3 is 0 Å². The largest absolute Gasteiger partial charge is 0.490 e. The summed E-state index contributed by atoms with van der Waals surface area (Å²) in [5.41, 5.74) is 3.43. The van der Waals surface area contributed by atoms with Gasteiger partial charge in [0.25, 0.3) is 5.91 Å². The van der Waals surface area contributed by atoms with Crippen molar-refractivity contribution in [2.75, 3.05) is 43.2 Å². The Morgan fingerprint density at radius 1 is 1.23 bits per heavy atom. The number of ether oxygens (including phenoxy) is 2. The van der Waals surface area contributed by atoms with Crippen LogP contribution in [0.4, 0.5) is 10.1 Å². The molecule has 1 amide bonds. The lowest BCUT2D eigenvalue weighted by atomic mass is 9.68. The van der Waals surface area contributed by atoms with Gasteiger partial charge in [-0.05, 0) is 110 Å². The third-order valence-electron chi connectivity index (χ3n) is 11.3. The molecule has 2 aliphatic heterocycles. The zero-order valence-corrected chi connectivity index (χ0v) is 29.4. The number of anilines is 1. The molecule has 5 aliphatic rings. The molecule has 48 heavy (non-hydrogen) atoms. The topological polar surface area (TPSA) is 85.3 Å². The third-order valence-corrected chi connectivity index (χ3v) is 13.9. The summed E-state index contributed by atoms with van der Waals surface area (Å²) in [5.74, 6) is -0.0790. The Morgan fingerprint density at radius 2 is 2.06 bits per heavy atom. The number of amides is 1. The normalized spacial score (nSPS) is 35.2. The lowest BCUT2D eigenvalue weighted by Gasteiger charge is -2.46. The summed E-state index contributed by atoms with van der Waals surface area (Å²) in [6.07, 6.45) is 9.36. The Kier molecular flexibility index (Phi) is 9.50. The SMILES string of the molecule is CO[C@H]1/C=C/C[C@H](C)C[S@@](=O)(CC(=O)C[C@@H]2C[C@H]2F)=NC(=O)c2ccc3c(c2)N(C[C@@H]2CC[C@H]21)C[C@@]1(CCCc2cc(Cl)ccc21)CO3. The molecule has 7 rings (SSSR count). The van der Waals surface area contributed by atoms with E-state index in [1.807, 2.05) is 25.1 Å². The van der Waals surface area contributed by atoms with Crippen molar-refractivity contribution in [3.05, 3.63) is 70.3 Å². The van der Waals surface area contributed by atoms with Gasteiger partial charge in [0, 0.05) is 48.4 Å². The summed E-state index contributed by atoms with van der Waals surface area (Å²) in [7, 11) is -1.48. The van der Waals surface area contributed by atoms with Crippen molar-refractivity contribution >= 4 is 38.7 Å². The summed E-state index contributed by atoms with van der Waals surface area (Å²) in [6, 6.07) is 11.6. The van der Waals surface area contributed by atoms with E-state index in [0.29, 0.717) is 42.6 Å². The Morgan fingerprint density at radius 3 is 2.81 bits per heavy atom.